The lowest BCUT2D eigenvalue weighted by atomic mass is 10.2. The van der Waals surface area contributed by atoms with Crippen molar-refractivity contribution >= 4 is 21.0 Å². The number of hydrogen-bond donors (Lipinski definition) is 0. The molecule has 0 saturated heterocycles. The van der Waals surface area contributed by atoms with Gasteiger partial charge in [0, 0.05) is 6.07 Å². The van der Waals surface area contributed by atoms with Crippen LogP contribution in [0.5, 0.6) is 11.6 Å². The molecule has 0 atom stereocenters. The molecule has 26 heavy (non-hydrogen) atoms. The highest BCUT2D eigenvalue weighted by Crippen LogP contribution is 2.26. The maximum absolute atomic E-state index is 10.4. The third-order valence-electron chi connectivity index (χ3n) is 3.85. The molecule has 138 valence electrons. The largest absolute Gasteiger partial charge is 0.744 e. The summed E-state index contributed by atoms with van der Waals surface area (Å²) in [5, 5.41) is 1.09. The first-order valence-corrected chi connectivity index (χ1v) is 9.21. The van der Waals surface area contributed by atoms with Crippen molar-refractivity contribution in [2.45, 2.75) is 11.8 Å². The van der Waals surface area contributed by atoms with Crippen molar-refractivity contribution in [1.29, 1.82) is 0 Å². The third kappa shape index (κ3) is 4.50. The number of hydrogen-bond acceptors (Lipinski definition) is 5. The van der Waals surface area contributed by atoms with E-state index in [-0.39, 0.29) is 4.90 Å². The van der Waals surface area contributed by atoms with Crippen molar-refractivity contribution in [1.82, 2.24) is 0 Å². The predicted molar refractivity (Wildman–Crippen MR) is 97.4 cm³/mol. The van der Waals surface area contributed by atoms with E-state index in [1.807, 2.05) is 48.9 Å². The molecule has 0 aliphatic carbocycles. The number of aromatic nitrogens is 1. The minimum atomic E-state index is -4.27. The van der Waals surface area contributed by atoms with Crippen molar-refractivity contribution in [3.05, 3.63) is 60.2 Å². The number of para-hydroxylation sites is 1. The van der Waals surface area contributed by atoms with Gasteiger partial charge >= 0.3 is 5.88 Å². The van der Waals surface area contributed by atoms with Gasteiger partial charge in [-0.2, -0.15) is 4.57 Å². The number of aryl methyl sites for hydroxylation is 2. The highest BCUT2D eigenvalue weighted by molar-refractivity contribution is 7.85. The predicted octanol–water partition coefficient (Wildman–Crippen LogP) is 2.58. The molecule has 0 unspecified atom stereocenters. The number of methoxy groups -OCH3 is 2. The molecule has 0 N–H and O–H groups in total. The van der Waals surface area contributed by atoms with Gasteiger partial charge in [0.2, 0.25) is 5.52 Å². The maximum atomic E-state index is 10.4. The van der Waals surface area contributed by atoms with Gasteiger partial charge < -0.3 is 14.0 Å². The number of nitrogens with zero attached hydrogens (tertiary/aromatic N) is 1. The summed E-state index contributed by atoms with van der Waals surface area (Å²) >= 11 is 0. The number of rotatable bonds is 3. The zero-order valence-corrected chi connectivity index (χ0v) is 15.9. The van der Waals surface area contributed by atoms with Gasteiger partial charge in [-0.1, -0.05) is 29.8 Å². The molecule has 0 fully saturated rings. The summed E-state index contributed by atoms with van der Waals surface area (Å²) in [5.74, 6) is 1.62. The van der Waals surface area contributed by atoms with E-state index in [9.17, 15) is 13.0 Å². The van der Waals surface area contributed by atoms with Crippen LogP contribution in [0.3, 0.4) is 0 Å². The van der Waals surface area contributed by atoms with Crippen molar-refractivity contribution in [2.75, 3.05) is 14.2 Å². The van der Waals surface area contributed by atoms with E-state index in [4.69, 9.17) is 9.47 Å². The molecule has 0 bridgehead atoms. The molecule has 3 rings (SSSR count). The van der Waals surface area contributed by atoms with Crippen LogP contribution in [-0.2, 0) is 17.2 Å². The summed E-state index contributed by atoms with van der Waals surface area (Å²) in [4.78, 5) is -0.178. The fourth-order valence-electron chi connectivity index (χ4n) is 2.45. The smallest absolute Gasteiger partial charge is 0.371 e. The van der Waals surface area contributed by atoms with E-state index >= 15 is 0 Å². The Morgan fingerprint density at radius 3 is 2.12 bits per heavy atom. The summed E-state index contributed by atoms with van der Waals surface area (Å²) in [6, 6.07) is 15.7. The summed E-state index contributed by atoms with van der Waals surface area (Å²) in [6.45, 7) is 1.82. The monoisotopic (exact) mass is 375 g/mol. The molecule has 0 saturated carbocycles. The van der Waals surface area contributed by atoms with Crippen molar-refractivity contribution < 1.29 is 27.0 Å². The summed E-state index contributed by atoms with van der Waals surface area (Å²) in [7, 11) is 1.03. The Labute approximate surface area is 153 Å². The quantitative estimate of drug-likeness (QED) is 0.519. The van der Waals surface area contributed by atoms with Gasteiger partial charge in [0.25, 0.3) is 0 Å². The molecule has 0 spiro atoms. The molecular formula is C19H21NO5S. The molecule has 7 heteroatoms. The Balaban J connectivity index is 0.000000197. The Kier molecular flexibility index (Phi) is 6.18. The molecule has 0 aliphatic rings. The minimum absolute atomic E-state index is 0.178. The van der Waals surface area contributed by atoms with Crippen LogP contribution in [0, 0.1) is 6.92 Å². The molecule has 1 aromatic heterocycles. The van der Waals surface area contributed by atoms with Crippen molar-refractivity contribution in [3.63, 3.8) is 0 Å². The SMILES string of the molecule is COc1cc(OC)[n+](C)c2ccccc12.Cc1ccc(S(=O)(=O)[O-])cc1. The zero-order chi connectivity index (χ0) is 19.3. The average Bonchev–Trinajstić information content (AvgIpc) is 2.62. The Morgan fingerprint density at radius 1 is 0.962 bits per heavy atom. The van der Waals surface area contributed by atoms with Gasteiger partial charge in [0.1, 0.15) is 22.9 Å². The second-order valence-electron chi connectivity index (χ2n) is 5.60. The zero-order valence-electron chi connectivity index (χ0n) is 15.1. The Bertz CT molecular complexity index is 998. The second kappa shape index (κ2) is 8.16. The molecule has 2 aromatic carbocycles. The summed E-state index contributed by atoms with van der Waals surface area (Å²) < 4.78 is 43.8. The number of pyridine rings is 1. The van der Waals surface area contributed by atoms with Crippen molar-refractivity contribution in [3.8, 4) is 11.6 Å². The molecule has 6 nitrogen and oxygen atoms in total. The normalized spacial score (nSPS) is 10.8. The van der Waals surface area contributed by atoms with Gasteiger partial charge in [0.05, 0.1) is 30.6 Å². The highest BCUT2D eigenvalue weighted by Gasteiger charge is 2.16. The number of ether oxygens (including phenoxy) is 2. The first kappa shape index (κ1) is 19.7. The molecule has 0 amide bonds. The molecule has 0 radical (unpaired) electrons. The van der Waals surface area contributed by atoms with E-state index < -0.39 is 10.1 Å². The lowest BCUT2D eigenvalue weighted by molar-refractivity contribution is -0.650. The molecule has 3 aromatic rings. The molecule has 1 heterocycles. The summed E-state index contributed by atoms with van der Waals surface area (Å²) in [5.41, 5.74) is 2.02. The Morgan fingerprint density at radius 2 is 1.58 bits per heavy atom. The third-order valence-corrected chi connectivity index (χ3v) is 4.70. The van der Waals surface area contributed by atoms with Crippen LogP contribution in [0.25, 0.3) is 10.9 Å². The Hall–Kier alpha value is -2.64. The number of fused-ring (bicyclic) bond motifs is 1. The van der Waals surface area contributed by atoms with Crippen LogP contribution >= 0.6 is 0 Å². The van der Waals surface area contributed by atoms with Crippen LogP contribution in [-0.4, -0.2) is 27.2 Å². The first-order valence-electron chi connectivity index (χ1n) is 7.80. The standard InChI is InChI=1S/C12H14NO2.C7H8O3S/c1-13-10-7-5-4-6-9(10)11(14-2)8-12(13)15-3;1-6-2-4-7(5-3-6)11(8,9)10/h4-8H,1-3H3;2-5H,1H3,(H,8,9,10)/q+1;/p-1. The maximum Gasteiger partial charge on any atom is 0.371 e. The molecule has 0 aliphatic heterocycles. The van der Waals surface area contributed by atoms with E-state index in [2.05, 4.69) is 0 Å². The topological polar surface area (TPSA) is 79.5 Å². The minimum Gasteiger partial charge on any atom is -0.744 e. The van der Waals surface area contributed by atoms with Crippen LogP contribution in [0.15, 0.2) is 59.5 Å². The van der Waals surface area contributed by atoms with Gasteiger partial charge in [-0.15, -0.1) is 0 Å². The van der Waals surface area contributed by atoms with Gasteiger partial charge in [-0.3, -0.25) is 0 Å². The fraction of sp³-hybridized carbons (Fsp3) is 0.211. The number of benzene rings is 2. The van der Waals surface area contributed by atoms with Crippen molar-refractivity contribution in [2.24, 2.45) is 7.05 Å². The van der Waals surface area contributed by atoms with Crippen LogP contribution in [0.2, 0.25) is 0 Å². The van der Waals surface area contributed by atoms with E-state index in [0.29, 0.717) is 0 Å². The highest BCUT2D eigenvalue weighted by atomic mass is 32.2. The van der Waals surface area contributed by atoms with E-state index in [0.717, 1.165) is 28.1 Å². The second-order valence-corrected chi connectivity index (χ2v) is 6.98. The summed E-state index contributed by atoms with van der Waals surface area (Å²) in [6.07, 6.45) is 0. The fourth-order valence-corrected chi connectivity index (χ4v) is 2.92. The van der Waals surface area contributed by atoms with Gasteiger partial charge in [-0.05, 0) is 25.1 Å². The average molecular weight is 375 g/mol. The van der Waals surface area contributed by atoms with Crippen LogP contribution in [0.4, 0.5) is 0 Å². The van der Waals surface area contributed by atoms with Crippen LogP contribution in [0.1, 0.15) is 5.56 Å². The van der Waals surface area contributed by atoms with Gasteiger partial charge in [-0.25, -0.2) is 8.42 Å². The van der Waals surface area contributed by atoms with E-state index in [1.54, 1.807) is 26.4 Å². The lowest BCUT2D eigenvalue weighted by Crippen LogP contribution is -2.31. The van der Waals surface area contributed by atoms with Crippen LogP contribution < -0.4 is 14.0 Å². The lowest BCUT2D eigenvalue weighted by Gasteiger charge is -2.06. The van der Waals surface area contributed by atoms with E-state index in [1.165, 1.54) is 12.1 Å². The first-order chi connectivity index (χ1) is 12.3. The van der Waals surface area contributed by atoms with Gasteiger partial charge in [0.15, 0.2) is 0 Å². The molecular weight excluding hydrogens is 354 g/mol.